The molecule has 0 bridgehead atoms. The summed E-state index contributed by atoms with van der Waals surface area (Å²) in [6.07, 6.45) is 8.40. The summed E-state index contributed by atoms with van der Waals surface area (Å²) in [5.74, 6) is 1.28. The van der Waals surface area contributed by atoms with Gasteiger partial charge in [0, 0.05) is 64.2 Å². The Kier molecular flexibility index (Phi) is 11.1. The third-order valence-corrected chi connectivity index (χ3v) is 5.82. The monoisotopic (exact) mass is 429 g/mol. The maximum atomic E-state index is 12.8. The van der Waals surface area contributed by atoms with Gasteiger partial charge in [-0.25, -0.2) is 0 Å². The summed E-state index contributed by atoms with van der Waals surface area (Å²) in [7, 11) is 1.67. The molecule has 1 aliphatic heterocycles. The SMILES string of the molecule is CCCCCC(=O)N(C/C=C/c1ccccc1OC)CCN1CCN(C(=O)CC)CC1. The largest absolute Gasteiger partial charge is 0.496 e. The molecule has 2 rings (SSSR count). The van der Waals surface area contributed by atoms with Gasteiger partial charge >= 0.3 is 0 Å². The summed E-state index contributed by atoms with van der Waals surface area (Å²) in [4.78, 5) is 31.0. The number of ether oxygens (including phenoxy) is 1. The number of rotatable bonds is 12. The molecular weight excluding hydrogens is 390 g/mol. The standard InChI is InChI=1S/C25H39N3O3/c1-4-6-7-14-25(30)27(15-10-12-22-11-8-9-13-23(22)31-3)19-16-26-17-20-28(21-18-26)24(29)5-2/h8-13H,4-7,14-21H2,1-3H3/b12-10+. The first-order valence-corrected chi connectivity index (χ1v) is 11.7. The van der Waals surface area contributed by atoms with Crippen LogP contribution in [0.3, 0.4) is 0 Å². The predicted octanol–water partition coefficient (Wildman–Crippen LogP) is 3.67. The summed E-state index contributed by atoms with van der Waals surface area (Å²) in [6, 6.07) is 7.89. The Hall–Kier alpha value is -2.34. The number of unbranched alkanes of at least 4 members (excludes halogenated alkanes) is 2. The fraction of sp³-hybridized carbons (Fsp3) is 0.600. The van der Waals surface area contributed by atoms with E-state index in [0.717, 1.165) is 63.3 Å². The number of hydrogen-bond donors (Lipinski definition) is 0. The number of benzene rings is 1. The Morgan fingerprint density at radius 1 is 1.10 bits per heavy atom. The van der Waals surface area contributed by atoms with E-state index in [2.05, 4.69) is 11.8 Å². The van der Waals surface area contributed by atoms with Gasteiger partial charge in [0.15, 0.2) is 0 Å². The molecule has 0 unspecified atom stereocenters. The van der Waals surface area contributed by atoms with Crippen molar-refractivity contribution >= 4 is 17.9 Å². The van der Waals surface area contributed by atoms with Crippen LogP contribution in [0.25, 0.3) is 6.08 Å². The van der Waals surface area contributed by atoms with E-state index in [1.807, 2.05) is 53.1 Å². The number of carbonyl (C=O) groups excluding carboxylic acids is 2. The third kappa shape index (κ3) is 8.37. The van der Waals surface area contributed by atoms with Crippen LogP contribution >= 0.6 is 0 Å². The van der Waals surface area contributed by atoms with Crippen molar-refractivity contribution in [1.29, 1.82) is 0 Å². The second-order valence-corrected chi connectivity index (χ2v) is 8.02. The first-order valence-electron chi connectivity index (χ1n) is 11.7. The van der Waals surface area contributed by atoms with Gasteiger partial charge in [-0.05, 0) is 12.5 Å². The minimum Gasteiger partial charge on any atom is -0.496 e. The van der Waals surface area contributed by atoms with Crippen molar-refractivity contribution in [3.63, 3.8) is 0 Å². The second-order valence-electron chi connectivity index (χ2n) is 8.02. The minimum absolute atomic E-state index is 0.220. The van der Waals surface area contributed by atoms with Crippen LogP contribution < -0.4 is 4.74 Å². The number of hydrogen-bond acceptors (Lipinski definition) is 4. The highest BCUT2D eigenvalue weighted by atomic mass is 16.5. The van der Waals surface area contributed by atoms with Crippen molar-refractivity contribution in [2.75, 3.05) is 52.9 Å². The number of carbonyl (C=O) groups is 2. The van der Waals surface area contributed by atoms with Crippen LogP contribution in [0.2, 0.25) is 0 Å². The molecule has 0 saturated carbocycles. The summed E-state index contributed by atoms with van der Waals surface area (Å²) in [5.41, 5.74) is 1.01. The Bertz CT molecular complexity index is 712. The van der Waals surface area contributed by atoms with E-state index in [0.29, 0.717) is 25.9 Å². The molecule has 1 saturated heterocycles. The lowest BCUT2D eigenvalue weighted by molar-refractivity contribution is -0.132. The number of piperazine rings is 1. The van der Waals surface area contributed by atoms with Gasteiger partial charge in [-0.1, -0.05) is 57.0 Å². The van der Waals surface area contributed by atoms with E-state index in [9.17, 15) is 9.59 Å². The zero-order valence-corrected chi connectivity index (χ0v) is 19.5. The van der Waals surface area contributed by atoms with Crippen LogP contribution in [0.1, 0.15) is 51.5 Å². The predicted molar refractivity (Wildman–Crippen MR) is 126 cm³/mol. The van der Waals surface area contributed by atoms with E-state index in [4.69, 9.17) is 4.74 Å². The highest BCUT2D eigenvalue weighted by molar-refractivity contribution is 5.76. The minimum atomic E-state index is 0.220. The summed E-state index contributed by atoms with van der Waals surface area (Å²) in [6.45, 7) is 9.53. The van der Waals surface area contributed by atoms with Crippen molar-refractivity contribution in [1.82, 2.24) is 14.7 Å². The summed E-state index contributed by atoms with van der Waals surface area (Å²) >= 11 is 0. The van der Waals surface area contributed by atoms with Gasteiger partial charge in [-0.15, -0.1) is 0 Å². The Morgan fingerprint density at radius 2 is 1.84 bits per heavy atom. The van der Waals surface area contributed by atoms with Crippen LogP contribution in [-0.2, 0) is 9.59 Å². The molecule has 0 radical (unpaired) electrons. The van der Waals surface area contributed by atoms with Gasteiger partial charge < -0.3 is 14.5 Å². The molecule has 1 aromatic carbocycles. The molecule has 2 amide bonds. The van der Waals surface area contributed by atoms with Crippen LogP contribution in [0.4, 0.5) is 0 Å². The van der Waals surface area contributed by atoms with Gasteiger partial charge in [0.1, 0.15) is 5.75 Å². The van der Waals surface area contributed by atoms with E-state index in [1.165, 1.54) is 0 Å². The quantitative estimate of drug-likeness (QED) is 0.476. The molecule has 0 spiro atoms. The molecule has 31 heavy (non-hydrogen) atoms. The summed E-state index contributed by atoms with van der Waals surface area (Å²) < 4.78 is 5.41. The lowest BCUT2D eigenvalue weighted by Crippen LogP contribution is -2.50. The third-order valence-electron chi connectivity index (χ3n) is 5.82. The molecule has 0 atom stereocenters. The number of para-hydroxylation sites is 1. The van der Waals surface area contributed by atoms with Gasteiger partial charge in [0.05, 0.1) is 7.11 Å². The molecule has 6 nitrogen and oxygen atoms in total. The molecule has 1 aromatic rings. The average Bonchev–Trinajstić information content (AvgIpc) is 2.81. The normalized spacial score (nSPS) is 14.7. The zero-order chi connectivity index (χ0) is 22.5. The molecule has 0 N–H and O–H groups in total. The van der Waals surface area contributed by atoms with E-state index < -0.39 is 0 Å². The fourth-order valence-electron chi connectivity index (χ4n) is 3.82. The molecule has 6 heteroatoms. The maximum absolute atomic E-state index is 12.8. The van der Waals surface area contributed by atoms with Crippen LogP contribution in [0.15, 0.2) is 30.3 Å². The van der Waals surface area contributed by atoms with Crippen LogP contribution in [-0.4, -0.2) is 79.4 Å². The van der Waals surface area contributed by atoms with Crippen LogP contribution in [0.5, 0.6) is 5.75 Å². The Labute approximate surface area is 187 Å². The lowest BCUT2D eigenvalue weighted by Gasteiger charge is -2.35. The number of methoxy groups -OCH3 is 1. The topological polar surface area (TPSA) is 53.1 Å². The van der Waals surface area contributed by atoms with E-state index >= 15 is 0 Å². The Morgan fingerprint density at radius 3 is 2.52 bits per heavy atom. The first kappa shape index (κ1) is 24.9. The highest BCUT2D eigenvalue weighted by Crippen LogP contribution is 2.18. The summed E-state index contributed by atoms with van der Waals surface area (Å²) in [5, 5.41) is 0. The second kappa shape index (κ2) is 13.9. The van der Waals surface area contributed by atoms with E-state index in [1.54, 1.807) is 7.11 Å². The van der Waals surface area contributed by atoms with Crippen molar-refractivity contribution in [3.05, 3.63) is 35.9 Å². The number of nitrogens with zero attached hydrogens (tertiary/aromatic N) is 3. The van der Waals surface area contributed by atoms with Crippen LogP contribution in [0, 0.1) is 0 Å². The van der Waals surface area contributed by atoms with Crippen molar-refractivity contribution < 1.29 is 14.3 Å². The van der Waals surface area contributed by atoms with Crippen molar-refractivity contribution in [2.45, 2.75) is 46.0 Å². The smallest absolute Gasteiger partial charge is 0.222 e. The lowest BCUT2D eigenvalue weighted by atomic mass is 10.1. The zero-order valence-electron chi connectivity index (χ0n) is 19.5. The van der Waals surface area contributed by atoms with Gasteiger partial charge in [-0.3, -0.25) is 14.5 Å². The molecule has 1 fully saturated rings. The fourth-order valence-corrected chi connectivity index (χ4v) is 3.82. The van der Waals surface area contributed by atoms with Gasteiger partial charge in [0.25, 0.3) is 0 Å². The maximum Gasteiger partial charge on any atom is 0.222 e. The molecule has 0 aliphatic carbocycles. The molecular formula is C25H39N3O3. The molecule has 1 aliphatic rings. The van der Waals surface area contributed by atoms with E-state index in [-0.39, 0.29) is 11.8 Å². The van der Waals surface area contributed by atoms with Gasteiger partial charge in [-0.2, -0.15) is 0 Å². The Balaban J connectivity index is 1.91. The highest BCUT2D eigenvalue weighted by Gasteiger charge is 2.21. The van der Waals surface area contributed by atoms with Crippen molar-refractivity contribution in [3.8, 4) is 5.75 Å². The number of amides is 2. The molecule has 1 heterocycles. The molecule has 0 aromatic heterocycles. The first-order chi connectivity index (χ1) is 15.1. The van der Waals surface area contributed by atoms with Crippen molar-refractivity contribution in [2.24, 2.45) is 0 Å². The average molecular weight is 430 g/mol. The van der Waals surface area contributed by atoms with Gasteiger partial charge in [0.2, 0.25) is 11.8 Å². The molecule has 172 valence electrons.